The van der Waals surface area contributed by atoms with Gasteiger partial charge in [0.05, 0.1) is 30.7 Å². The molecule has 19 nitrogen and oxygen atoms in total. The van der Waals surface area contributed by atoms with Gasteiger partial charge in [0, 0.05) is 85.4 Å². The Bertz CT molecular complexity index is 4040. The summed E-state index contributed by atoms with van der Waals surface area (Å²) in [6.07, 6.45) is 11.2. The number of hydrogen-bond acceptors (Lipinski definition) is 17. The third-order valence-corrected chi connectivity index (χ3v) is 36.2. The highest BCUT2D eigenvalue weighted by Crippen LogP contribution is 2.77. The monoisotopic (exact) mass is 1580 g/mol. The van der Waals surface area contributed by atoms with Crippen LogP contribution in [0.4, 0.5) is 17.6 Å². The Balaban J connectivity index is 0.000000129. The Labute approximate surface area is 651 Å². The second-order valence-corrected chi connectivity index (χ2v) is 40.0. The highest BCUT2D eigenvalue weighted by molar-refractivity contribution is 7.97. The van der Waals surface area contributed by atoms with E-state index < -0.39 is 176 Å². The molecular weight excluding hydrogens is 1470 g/mol. The summed E-state index contributed by atoms with van der Waals surface area (Å²) in [7, 11) is 0. The summed E-state index contributed by atoms with van der Waals surface area (Å²) >= 11 is 7.92. The normalized spacial score (nSPS) is 54.1. The highest BCUT2D eigenvalue weighted by atomic mass is 32.1. The van der Waals surface area contributed by atoms with Crippen LogP contribution < -0.4 is 0 Å². The van der Waals surface area contributed by atoms with Crippen molar-refractivity contribution in [2.45, 2.75) is 287 Å². The smallest absolute Gasteiger partial charge is 0.336 e. The van der Waals surface area contributed by atoms with E-state index in [4.69, 9.17) is 0 Å². The van der Waals surface area contributed by atoms with Crippen LogP contribution in [-0.4, -0.2) is 171 Å². The lowest BCUT2D eigenvalue weighted by atomic mass is 9.43. The van der Waals surface area contributed by atoms with Crippen molar-refractivity contribution >= 4 is 70.6 Å². The molecule has 0 aromatic heterocycles. The van der Waals surface area contributed by atoms with Crippen LogP contribution in [-0.2, 0) is 38.4 Å². The Morgan fingerprint density at radius 1 is 0.427 bits per heavy atom. The molecule has 0 aromatic carbocycles. The van der Waals surface area contributed by atoms with E-state index in [0.717, 1.165) is 17.4 Å². The number of allylic oxidation sites excluding steroid dienone is 8. The fraction of sp³-hybridized carbons (Fsp3) is 0.765. The van der Waals surface area contributed by atoms with Crippen molar-refractivity contribution in [3.8, 4) is 0 Å². The largest absolute Gasteiger partial charge is 0.515 e. The molecule has 16 aliphatic carbocycles. The van der Waals surface area contributed by atoms with Gasteiger partial charge in [0.15, 0.2) is 40.0 Å². The number of thiol groups is 2. The van der Waals surface area contributed by atoms with Crippen molar-refractivity contribution in [3.63, 3.8) is 0 Å². The van der Waals surface area contributed by atoms with E-state index in [1.807, 2.05) is 27.7 Å². The molecule has 0 aromatic rings. The summed E-state index contributed by atoms with van der Waals surface area (Å²) in [6.45, 7) is 21.1. The van der Waals surface area contributed by atoms with Gasteiger partial charge in [-0.25, -0.2) is 27.2 Å². The minimum Gasteiger partial charge on any atom is -0.515 e. The number of aliphatic hydroxyl groups excluding tert-OH is 5. The summed E-state index contributed by atoms with van der Waals surface area (Å²) < 4.78 is 67.5. The zero-order valence-corrected chi connectivity index (χ0v) is 67.0. The average Bonchev–Trinajstić information content (AvgIpc) is 1.39. The number of carboxylic acid groups (broad SMARTS) is 2. The van der Waals surface area contributed by atoms with E-state index in [2.05, 4.69) is 25.3 Å². The van der Waals surface area contributed by atoms with Gasteiger partial charge >= 0.3 is 11.9 Å². The van der Waals surface area contributed by atoms with Crippen LogP contribution in [0.2, 0.25) is 0 Å². The van der Waals surface area contributed by atoms with Gasteiger partial charge in [-0.05, 0) is 207 Å². The molecule has 0 spiro atoms. The highest BCUT2D eigenvalue weighted by Gasteiger charge is 2.81. The number of aliphatic hydroxyl groups is 9. The van der Waals surface area contributed by atoms with E-state index in [1.54, 1.807) is 73.6 Å². The molecule has 16 rings (SSSR count). The van der Waals surface area contributed by atoms with Gasteiger partial charge in [0.1, 0.15) is 28.2 Å². The Morgan fingerprint density at radius 3 is 1.06 bits per heavy atom. The van der Waals surface area contributed by atoms with Crippen LogP contribution in [0.5, 0.6) is 0 Å². The first-order valence-electron chi connectivity index (χ1n) is 40.0. The molecule has 0 radical (unpaired) electrons. The molecule has 110 heavy (non-hydrogen) atoms. The summed E-state index contributed by atoms with van der Waals surface area (Å²) in [4.78, 5) is 96.5. The number of halogens is 4. The summed E-state index contributed by atoms with van der Waals surface area (Å²) in [6, 6.07) is 0. The third-order valence-electron chi connectivity index (χ3n) is 35.5. The number of carbonyl (C=O) groups excluding carboxylic acids is 6. The molecule has 25 heteroatoms. The van der Waals surface area contributed by atoms with E-state index in [0.29, 0.717) is 107 Å². The van der Waals surface area contributed by atoms with Crippen molar-refractivity contribution in [1.29, 1.82) is 0 Å². The average molecular weight is 1580 g/mol. The molecule has 0 aliphatic heterocycles. The standard InChI is InChI=1S/C22H29FO5S.C21H29FO5.C21H27FO5.C21H29FO4S/c1-11-6-15-14-5-4-13-7-16(25)12(10-24)8-19(13,2)21(14,23)17(26)9-20(15,3)22(11,28)18(27)29;2*1-11-8-15-14-5-4-12-9-13(23)6-7-18(12,2)20(14,22)16(24)10-19(15,3)21(11,27)17(25)26;1-11-8-15-14-5-4-12-9-13(23)6-7-18(12,2)20(14,22)16(24)10-19(15,3)21(11,26)17(25)27/h7,10-11,14-15,17,24,26,28H,4-6,8-9H2,1-3H3,(H,27,29);9,11,14-16,24,27H,4-8,10H2,1-3H3,(H,25,26);6-7,9,11,14-16,24,27H,4-5,8,10H2,1-3H3,(H,25,26);9,11,14-16,24,26H,4-8,10H2,1-3H3,(H,25,27)/b12-10-;;;/t11-,14+,15+,17+,19+,20+,21+,22+;3*11-,14+,15+,16+,18+,19+,20+,21+/m1111/s1. The molecule has 0 bridgehead atoms. The molecule has 12 fully saturated rings. The molecule has 608 valence electrons. The number of rotatable bonds is 4. The topological polar surface area (TPSA) is 359 Å². The van der Waals surface area contributed by atoms with Gasteiger partial charge in [-0.15, -0.1) is 25.3 Å². The van der Waals surface area contributed by atoms with E-state index >= 15 is 17.6 Å². The molecule has 0 unspecified atom stereocenters. The lowest BCUT2D eigenvalue weighted by Crippen LogP contribution is -2.69. The van der Waals surface area contributed by atoms with Crippen molar-refractivity contribution in [2.75, 3.05) is 0 Å². The predicted octanol–water partition coefficient (Wildman–Crippen LogP) is 11.1. The van der Waals surface area contributed by atoms with Gasteiger partial charge in [0.2, 0.25) is 10.2 Å². The van der Waals surface area contributed by atoms with Crippen LogP contribution in [0.3, 0.4) is 0 Å². The number of fused-ring (bicyclic) bond motifs is 20. The fourth-order valence-electron chi connectivity index (χ4n) is 29.2. The second kappa shape index (κ2) is 26.2. The number of alkyl halides is 4. The van der Waals surface area contributed by atoms with Gasteiger partial charge in [-0.3, -0.25) is 28.8 Å². The number of aliphatic carboxylic acids is 2. The summed E-state index contributed by atoms with van der Waals surface area (Å²) in [5.74, 6) is -8.16. The molecule has 16 aliphatic rings. The first-order chi connectivity index (χ1) is 50.6. The van der Waals surface area contributed by atoms with Crippen molar-refractivity contribution in [1.82, 2.24) is 0 Å². The van der Waals surface area contributed by atoms with Gasteiger partial charge in [-0.1, -0.05) is 105 Å². The molecular formula is C85H114F4O19S2. The first-order valence-corrected chi connectivity index (χ1v) is 40.9. The zero-order valence-electron chi connectivity index (χ0n) is 65.2. The summed E-state index contributed by atoms with van der Waals surface area (Å²) in [5.41, 5.74) is -20.2. The van der Waals surface area contributed by atoms with Crippen molar-refractivity contribution in [3.05, 3.63) is 70.6 Å². The fourth-order valence-corrected chi connectivity index (χ4v) is 30.1. The maximum Gasteiger partial charge on any atom is 0.336 e. The molecule has 32 atom stereocenters. The zero-order chi connectivity index (χ0) is 81.5. The number of ketones is 4. The predicted molar refractivity (Wildman–Crippen MR) is 401 cm³/mol. The quantitative estimate of drug-likeness (QED) is 0.0538. The first kappa shape index (κ1) is 83.3. The molecule has 0 saturated heterocycles. The molecule has 12 saturated carbocycles. The van der Waals surface area contributed by atoms with Gasteiger partial charge in [0.25, 0.3) is 0 Å². The molecule has 11 N–H and O–H groups in total. The second-order valence-electron chi connectivity index (χ2n) is 39.2. The van der Waals surface area contributed by atoms with Crippen molar-refractivity contribution < 1.29 is 112 Å². The van der Waals surface area contributed by atoms with Crippen LogP contribution in [0.25, 0.3) is 0 Å². The Kier molecular flexibility index (Phi) is 19.8. The van der Waals surface area contributed by atoms with Crippen molar-refractivity contribution in [2.24, 2.45) is 114 Å². The van der Waals surface area contributed by atoms with E-state index in [-0.39, 0.29) is 96.8 Å². The summed E-state index contributed by atoms with van der Waals surface area (Å²) in [5, 5.41) is 117. The molecule has 0 amide bonds. The van der Waals surface area contributed by atoms with Gasteiger partial charge < -0.3 is 56.2 Å². The van der Waals surface area contributed by atoms with E-state index in [1.165, 1.54) is 18.2 Å². The Morgan fingerprint density at radius 2 is 0.727 bits per heavy atom. The van der Waals surface area contributed by atoms with Crippen LogP contribution in [0.15, 0.2) is 70.6 Å². The minimum atomic E-state index is -2.03. The molecule has 0 heterocycles. The maximum absolute atomic E-state index is 17.1. The van der Waals surface area contributed by atoms with Crippen LogP contribution in [0, 0.1) is 114 Å². The number of carbonyl (C=O) groups is 8. The third kappa shape index (κ3) is 10.0. The minimum absolute atomic E-state index is 0.00871. The Hall–Kier alpha value is -4.70. The van der Waals surface area contributed by atoms with Crippen LogP contribution in [0.1, 0.15) is 218 Å². The van der Waals surface area contributed by atoms with Crippen LogP contribution >= 0.6 is 25.3 Å². The number of hydrogen-bond donors (Lipinski definition) is 13. The lowest BCUT2D eigenvalue weighted by molar-refractivity contribution is -0.233. The van der Waals surface area contributed by atoms with Gasteiger partial charge in [-0.2, -0.15) is 0 Å². The maximum atomic E-state index is 17.1. The number of carboxylic acids is 2. The SMILES string of the molecule is C[C@@H]1C[C@H]2[C@@H]3CCC4=CC(=O)/C(=C\O)C[C@]4(C)[C@@]3(F)[C@@H](O)C[C@]2(C)[C@@]1(O)C(=O)S.C[C@@H]1C[C@H]2[C@@H]3CCC4=CC(=O)C=C[C@]4(C)[C@@]3(F)[C@@H](O)C[C@]2(C)[C@@]1(O)C(=O)O.C[C@@H]1C[C@H]2[C@@H]3CCC4=CC(=O)CC[C@]4(C)[C@@]3(F)[C@@H](O)C[C@]2(C)[C@@]1(O)C(=O)O.C[C@@H]1C[C@H]2[C@@H]3CCC4=CC(=O)CC[C@]4(C)[C@@]3(F)[C@@H](O)C[C@]2(C)[C@@]1(O)C(=O)S. The lowest BCUT2D eigenvalue weighted by Gasteiger charge is -2.63. The van der Waals surface area contributed by atoms with E-state index in [9.17, 15) is 94.5 Å².